The number of anilines is 1. The van der Waals surface area contributed by atoms with E-state index < -0.39 is 0 Å². The Hall–Kier alpha value is -1.35. The summed E-state index contributed by atoms with van der Waals surface area (Å²) in [6.45, 7) is 0.838. The van der Waals surface area contributed by atoms with Gasteiger partial charge in [-0.3, -0.25) is 4.79 Å². The predicted octanol–water partition coefficient (Wildman–Crippen LogP) is 4.76. The number of halogens is 1. The maximum atomic E-state index is 12.8. The van der Waals surface area contributed by atoms with E-state index in [9.17, 15) is 4.79 Å². The van der Waals surface area contributed by atoms with Crippen molar-refractivity contribution in [2.75, 3.05) is 16.8 Å². The largest absolute Gasteiger partial charge is 0.307 e. The molecular formula is C18H18BrNO. The summed E-state index contributed by atoms with van der Waals surface area (Å²) in [5.74, 6) is 0.175. The van der Waals surface area contributed by atoms with Crippen LogP contribution in [0.4, 0.5) is 5.69 Å². The average Bonchev–Trinajstić information content (AvgIpc) is 3.09. The lowest BCUT2D eigenvalue weighted by molar-refractivity contribution is 0.0982. The molecule has 2 aromatic carbocycles. The number of carbonyl (C=O) groups excluding carboxylic acids is 1. The zero-order chi connectivity index (χ0) is 14.4. The molecule has 2 nitrogen and oxygen atoms in total. The van der Waals surface area contributed by atoms with Crippen LogP contribution in [-0.2, 0) is 0 Å². The Morgan fingerprint density at radius 2 is 1.81 bits per heavy atom. The summed E-state index contributed by atoms with van der Waals surface area (Å²) in [4.78, 5) is 14.9. The Kier molecular flexibility index (Phi) is 3.07. The summed E-state index contributed by atoms with van der Waals surface area (Å²) in [6.07, 6.45) is 5.00. The van der Waals surface area contributed by atoms with Crippen molar-refractivity contribution >= 4 is 38.3 Å². The van der Waals surface area contributed by atoms with Crippen LogP contribution in [0.2, 0.25) is 0 Å². The third-order valence-electron chi connectivity index (χ3n) is 5.09. The molecule has 1 aliphatic heterocycles. The van der Waals surface area contributed by atoms with E-state index >= 15 is 0 Å². The lowest BCUT2D eigenvalue weighted by Crippen LogP contribution is -2.39. The SMILES string of the molecule is O=C1c2cccc3cccc(c23)N1CC1(CBr)CCCC1. The van der Waals surface area contributed by atoms with Gasteiger partial charge in [0, 0.05) is 22.8 Å². The summed E-state index contributed by atoms with van der Waals surface area (Å²) in [5.41, 5.74) is 2.21. The molecular weight excluding hydrogens is 326 g/mol. The van der Waals surface area contributed by atoms with E-state index in [1.54, 1.807) is 0 Å². The minimum Gasteiger partial charge on any atom is -0.307 e. The molecule has 0 saturated heterocycles. The molecule has 0 atom stereocenters. The van der Waals surface area contributed by atoms with Crippen LogP contribution in [0.3, 0.4) is 0 Å². The van der Waals surface area contributed by atoms with Gasteiger partial charge < -0.3 is 4.90 Å². The first-order chi connectivity index (χ1) is 10.2. The number of hydrogen-bond acceptors (Lipinski definition) is 1. The van der Waals surface area contributed by atoms with Crippen molar-refractivity contribution in [3.63, 3.8) is 0 Å². The van der Waals surface area contributed by atoms with Crippen molar-refractivity contribution in [1.29, 1.82) is 0 Å². The topological polar surface area (TPSA) is 20.3 Å². The Morgan fingerprint density at radius 3 is 2.52 bits per heavy atom. The molecule has 0 bridgehead atoms. The van der Waals surface area contributed by atoms with E-state index in [-0.39, 0.29) is 11.3 Å². The Morgan fingerprint density at radius 1 is 1.10 bits per heavy atom. The summed E-state index contributed by atoms with van der Waals surface area (Å²) < 4.78 is 0. The Bertz CT molecular complexity index is 713. The number of amides is 1. The fourth-order valence-electron chi connectivity index (χ4n) is 3.93. The van der Waals surface area contributed by atoms with Crippen molar-refractivity contribution in [3.8, 4) is 0 Å². The minimum absolute atomic E-state index is 0.175. The average molecular weight is 344 g/mol. The molecule has 2 aromatic rings. The standard InChI is InChI=1S/C18H18BrNO/c19-11-18(9-1-2-10-18)12-20-15-8-4-6-13-5-3-7-14(16(13)15)17(20)21/h3-8H,1-2,9-12H2. The van der Waals surface area contributed by atoms with Gasteiger partial charge in [-0.25, -0.2) is 0 Å². The molecule has 3 heteroatoms. The first-order valence-electron chi connectivity index (χ1n) is 7.64. The van der Waals surface area contributed by atoms with Crippen molar-refractivity contribution < 1.29 is 4.79 Å². The molecule has 21 heavy (non-hydrogen) atoms. The second-order valence-corrected chi connectivity index (χ2v) is 6.97. The highest BCUT2D eigenvalue weighted by atomic mass is 79.9. The third kappa shape index (κ3) is 1.94. The lowest BCUT2D eigenvalue weighted by atomic mass is 9.88. The number of hydrogen-bond donors (Lipinski definition) is 0. The molecule has 0 radical (unpaired) electrons. The highest BCUT2D eigenvalue weighted by Gasteiger charge is 2.39. The van der Waals surface area contributed by atoms with E-state index in [4.69, 9.17) is 0 Å². The zero-order valence-corrected chi connectivity index (χ0v) is 13.5. The molecule has 1 fully saturated rings. The van der Waals surface area contributed by atoms with Gasteiger partial charge in [0.25, 0.3) is 5.91 Å². The maximum Gasteiger partial charge on any atom is 0.259 e. The van der Waals surface area contributed by atoms with E-state index in [2.05, 4.69) is 40.2 Å². The maximum absolute atomic E-state index is 12.8. The summed E-state index contributed by atoms with van der Waals surface area (Å²) in [5, 5.41) is 3.28. The highest BCUT2D eigenvalue weighted by molar-refractivity contribution is 9.09. The van der Waals surface area contributed by atoms with Gasteiger partial charge in [0.2, 0.25) is 0 Å². The van der Waals surface area contributed by atoms with Gasteiger partial charge in [-0.15, -0.1) is 0 Å². The molecule has 0 N–H and O–H groups in total. The van der Waals surface area contributed by atoms with Gasteiger partial charge in [-0.1, -0.05) is 53.0 Å². The van der Waals surface area contributed by atoms with Crippen molar-refractivity contribution in [2.45, 2.75) is 25.7 Å². The Balaban J connectivity index is 1.79. The smallest absolute Gasteiger partial charge is 0.259 e. The first kappa shape index (κ1) is 13.3. The van der Waals surface area contributed by atoms with Crippen LogP contribution in [-0.4, -0.2) is 17.8 Å². The van der Waals surface area contributed by atoms with Crippen LogP contribution < -0.4 is 4.90 Å². The molecule has 0 aromatic heterocycles. The second-order valence-electron chi connectivity index (χ2n) is 6.41. The third-order valence-corrected chi connectivity index (χ3v) is 6.28. The Labute approximate surface area is 133 Å². The molecule has 1 amide bonds. The molecule has 1 saturated carbocycles. The van der Waals surface area contributed by atoms with E-state index in [0.29, 0.717) is 0 Å². The molecule has 1 aliphatic carbocycles. The van der Waals surface area contributed by atoms with E-state index in [0.717, 1.165) is 28.5 Å². The lowest BCUT2D eigenvalue weighted by Gasteiger charge is -2.32. The van der Waals surface area contributed by atoms with Gasteiger partial charge in [0.05, 0.1) is 5.69 Å². The quantitative estimate of drug-likeness (QED) is 0.736. The summed E-state index contributed by atoms with van der Waals surface area (Å²) >= 11 is 3.69. The fourth-order valence-corrected chi connectivity index (χ4v) is 4.67. The van der Waals surface area contributed by atoms with Crippen molar-refractivity contribution in [2.24, 2.45) is 5.41 Å². The van der Waals surface area contributed by atoms with Crippen molar-refractivity contribution in [3.05, 3.63) is 42.0 Å². The second kappa shape index (κ2) is 4.84. The number of rotatable bonds is 3. The van der Waals surface area contributed by atoms with Gasteiger partial charge in [-0.2, -0.15) is 0 Å². The van der Waals surface area contributed by atoms with E-state index in [1.807, 2.05) is 17.0 Å². The van der Waals surface area contributed by atoms with Gasteiger partial charge in [-0.05, 0) is 35.8 Å². The fraction of sp³-hybridized carbons (Fsp3) is 0.389. The normalized spacial score (nSPS) is 19.7. The first-order valence-corrected chi connectivity index (χ1v) is 8.76. The van der Waals surface area contributed by atoms with Gasteiger partial charge >= 0.3 is 0 Å². The van der Waals surface area contributed by atoms with Crippen LogP contribution in [0, 0.1) is 5.41 Å². The van der Waals surface area contributed by atoms with Crippen LogP contribution in [0.1, 0.15) is 36.0 Å². The summed E-state index contributed by atoms with van der Waals surface area (Å²) in [7, 11) is 0. The van der Waals surface area contributed by atoms with Crippen LogP contribution in [0.25, 0.3) is 10.8 Å². The van der Waals surface area contributed by atoms with Crippen LogP contribution in [0.5, 0.6) is 0 Å². The van der Waals surface area contributed by atoms with Gasteiger partial charge in [0.15, 0.2) is 0 Å². The highest BCUT2D eigenvalue weighted by Crippen LogP contribution is 2.44. The molecule has 0 spiro atoms. The van der Waals surface area contributed by atoms with Crippen molar-refractivity contribution in [1.82, 2.24) is 0 Å². The molecule has 2 aliphatic rings. The number of benzene rings is 2. The van der Waals surface area contributed by atoms with Crippen LogP contribution >= 0.6 is 15.9 Å². The van der Waals surface area contributed by atoms with E-state index in [1.165, 1.54) is 31.1 Å². The van der Waals surface area contributed by atoms with Crippen LogP contribution in [0.15, 0.2) is 36.4 Å². The van der Waals surface area contributed by atoms with Gasteiger partial charge in [0.1, 0.15) is 0 Å². The molecule has 4 rings (SSSR count). The molecule has 0 unspecified atom stereocenters. The number of carbonyl (C=O) groups is 1. The molecule has 1 heterocycles. The molecule has 108 valence electrons. The predicted molar refractivity (Wildman–Crippen MR) is 90.3 cm³/mol. The zero-order valence-electron chi connectivity index (χ0n) is 11.9. The summed E-state index contributed by atoms with van der Waals surface area (Å²) in [6, 6.07) is 12.3. The minimum atomic E-state index is 0.175. The number of alkyl halides is 1. The number of nitrogens with zero attached hydrogens (tertiary/aromatic N) is 1. The monoisotopic (exact) mass is 343 g/mol.